The number of hydrogen-bond acceptors (Lipinski definition) is 4. The van der Waals surface area contributed by atoms with Crippen LogP contribution in [-0.2, 0) is 0 Å². The number of aromatic nitrogens is 1. The molecule has 0 bridgehead atoms. The second kappa shape index (κ2) is 4.01. The quantitative estimate of drug-likeness (QED) is 0.779. The lowest BCUT2D eigenvalue weighted by atomic mass is 9.95. The van der Waals surface area contributed by atoms with E-state index in [9.17, 15) is 0 Å². The van der Waals surface area contributed by atoms with Gasteiger partial charge in [-0.3, -0.25) is 0 Å². The van der Waals surface area contributed by atoms with Crippen LogP contribution in [-0.4, -0.2) is 30.7 Å². The van der Waals surface area contributed by atoms with Crippen molar-refractivity contribution >= 4 is 5.82 Å². The Kier molecular flexibility index (Phi) is 2.49. The molecule has 1 aromatic rings. The maximum absolute atomic E-state index is 8.93. The standard InChI is InChI=1S/C13H16N4/c1-9-12-7-15-6-11(12)8-17(9)13-4-10(5-14)2-3-16-13/h2-4,9,11-12,15H,6-8H2,1H3. The van der Waals surface area contributed by atoms with Gasteiger partial charge in [-0.2, -0.15) is 5.26 Å². The molecule has 3 atom stereocenters. The number of nitriles is 1. The van der Waals surface area contributed by atoms with Crippen LogP contribution in [0.25, 0.3) is 0 Å². The Morgan fingerprint density at radius 1 is 1.53 bits per heavy atom. The molecule has 3 rings (SSSR count). The molecule has 3 heterocycles. The summed E-state index contributed by atoms with van der Waals surface area (Å²) < 4.78 is 0. The molecule has 0 saturated carbocycles. The van der Waals surface area contributed by atoms with Gasteiger partial charge >= 0.3 is 0 Å². The summed E-state index contributed by atoms with van der Waals surface area (Å²) in [6.07, 6.45) is 1.73. The summed E-state index contributed by atoms with van der Waals surface area (Å²) in [6.45, 7) is 5.54. The molecule has 2 saturated heterocycles. The van der Waals surface area contributed by atoms with Crippen LogP contribution in [0.2, 0.25) is 0 Å². The molecule has 4 heteroatoms. The fourth-order valence-electron chi connectivity index (χ4n) is 3.12. The first-order valence-electron chi connectivity index (χ1n) is 6.13. The highest BCUT2D eigenvalue weighted by Crippen LogP contribution is 2.34. The van der Waals surface area contributed by atoms with Crippen molar-refractivity contribution in [1.29, 1.82) is 5.26 Å². The van der Waals surface area contributed by atoms with Gasteiger partial charge in [0.25, 0.3) is 0 Å². The summed E-state index contributed by atoms with van der Waals surface area (Å²) in [5.41, 5.74) is 0.692. The predicted octanol–water partition coefficient (Wildman–Crippen LogP) is 0.997. The zero-order valence-electron chi connectivity index (χ0n) is 9.93. The van der Waals surface area contributed by atoms with Gasteiger partial charge in [0, 0.05) is 31.9 Å². The molecule has 0 aliphatic carbocycles. The van der Waals surface area contributed by atoms with Crippen LogP contribution < -0.4 is 10.2 Å². The Hall–Kier alpha value is -1.60. The highest BCUT2D eigenvalue weighted by molar-refractivity contribution is 5.47. The smallest absolute Gasteiger partial charge is 0.130 e. The highest BCUT2D eigenvalue weighted by atomic mass is 15.3. The van der Waals surface area contributed by atoms with Gasteiger partial charge in [0.15, 0.2) is 0 Å². The molecule has 0 radical (unpaired) electrons. The average molecular weight is 228 g/mol. The van der Waals surface area contributed by atoms with Gasteiger partial charge in [0.05, 0.1) is 11.6 Å². The minimum Gasteiger partial charge on any atom is -0.353 e. The SMILES string of the molecule is CC1C2CNCC2CN1c1cc(C#N)ccn1. The lowest BCUT2D eigenvalue weighted by Gasteiger charge is -2.25. The zero-order chi connectivity index (χ0) is 11.8. The van der Waals surface area contributed by atoms with E-state index in [2.05, 4.69) is 28.2 Å². The van der Waals surface area contributed by atoms with Crippen molar-refractivity contribution in [1.82, 2.24) is 10.3 Å². The Morgan fingerprint density at radius 3 is 3.18 bits per heavy atom. The summed E-state index contributed by atoms with van der Waals surface area (Å²) in [6, 6.07) is 6.34. The first-order valence-corrected chi connectivity index (χ1v) is 6.13. The molecule has 1 N–H and O–H groups in total. The summed E-state index contributed by atoms with van der Waals surface area (Å²) >= 11 is 0. The van der Waals surface area contributed by atoms with Crippen molar-refractivity contribution < 1.29 is 0 Å². The first-order chi connectivity index (χ1) is 8.29. The summed E-state index contributed by atoms with van der Waals surface area (Å²) in [5, 5.41) is 12.4. The van der Waals surface area contributed by atoms with Crippen LogP contribution in [0.1, 0.15) is 12.5 Å². The van der Waals surface area contributed by atoms with Crippen molar-refractivity contribution in [2.24, 2.45) is 11.8 Å². The number of hydrogen-bond donors (Lipinski definition) is 1. The minimum absolute atomic E-state index is 0.511. The number of rotatable bonds is 1. The molecule has 4 nitrogen and oxygen atoms in total. The van der Waals surface area contributed by atoms with E-state index in [1.54, 1.807) is 12.3 Å². The van der Waals surface area contributed by atoms with Crippen molar-refractivity contribution in [2.75, 3.05) is 24.5 Å². The predicted molar refractivity (Wildman–Crippen MR) is 65.6 cm³/mol. The maximum Gasteiger partial charge on any atom is 0.130 e. The number of nitrogens with one attached hydrogen (secondary N) is 1. The maximum atomic E-state index is 8.93. The monoisotopic (exact) mass is 228 g/mol. The summed E-state index contributed by atoms with van der Waals surface area (Å²) in [5.74, 6) is 2.41. The Morgan fingerprint density at radius 2 is 2.41 bits per heavy atom. The Labute approximate surface area is 101 Å². The largest absolute Gasteiger partial charge is 0.353 e. The van der Waals surface area contributed by atoms with Crippen LogP contribution >= 0.6 is 0 Å². The van der Waals surface area contributed by atoms with Crippen LogP contribution in [0, 0.1) is 23.2 Å². The van der Waals surface area contributed by atoms with E-state index < -0.39 is 0 Å². The molecule has 2 aliphatic heterocycles. The van der Waals surface area contributed by atoms with Gasteiger partial charge in [0.1, 0.15) is 5.82 Å². The van der Waals surface area contributed by atoms with Crippen LogP contribution in [0.5, 0.6) is 0 Å². The Bertz CT molecular complexity index is 465. The molecule has 0 aromatic carbocycles. The van der Waals surface area contributed by atoms with E-state index in [0.29, 0.717) is 11.6 Å². The normalized spacial score (nSPS) is 31.3. The number of fused-ring (bicyclic) bond motifs is 1. The van der Waals surface area contributed by atoms with E-state index in [4.69, 9.17) is 5.26 Å². The van der Waals surface area contributed by atoms with Crippen molar-refractivity contribution in [3.05, 3.63) is 23.9 Å². The first kappa shape index (κ1) is 10.5. The van der Waals surface area contributed by atoms with Crippen molar-refractivity contribution in [3.8, 4) is 6.07 Å². The molecule has 0 amide bonds. The molecular formula is C13H16N4. The molecular weight excluding hydrogens is 212 g/mol. The summed E-state index contributed by atoms with van der Waals surface area (Å²) in [7, 11) is 0. The highest BCUT2D eigenvalue weighted by Gasteiger charge is 2.42. The number of nitrogens with zero attached hydrogens (tertiary/aromatic N) is 3. The molecule has 2 aliphatic rings. The Balaban J connectivity index is 1.88. The van der Waals surface area contributed by atoms with Gasteiger partial charge in [-0.15, -0.1) is 0 Å². The van der Waals surface area contributed by atoms with Gasteiger partial charge in [-0.1, -0.05) is 0 Å². The third kappa shape index (κ3) is 1.67. The lowest BCUT2D eigenvalue weighted by Crippen LogP contribution is -2.33. The molecule has 88 valence electrons. The van der Waals surface area contributed by atoms with Crippen LogP contribution in [0.4, 0.5) is 5.82 Å². The van der Waals surface area contributed by atoms with E-state index in [1.165, 1.54) is 0 Å². The fourth-order valence-corrected chi connectivity index (χ4v) is 3.12. The van der Waals surface area contributed by atoms with Gasteiger partial charge in [-0.05, 0) is 30.9 Å². The molecule has 1 aromatic heterocycles. The van der Waals surface area contributed by atoms with Crippen LogP contribution in [0.3, 0.4) is 0 Å². The van der Waals surface area contributed by atoms with Gasteiger partial charge < -0.3 is 10.2 Å². The average Bonchev–Trinajstić information content (AvgIpc) is 2.93. The molecule has 2 fully saturated rings. The van der Waals surface area contributed by atoms with Gasteiger partial charge in [-0.25, -0.2) is 4.98 Å². The number of anilines is 1. The fraction of sp³-hybridized carbons (Fsp3) is 0.538. The third-order valence-corrected chi connectivity index (χ3v) is 4.10. The second-order valence-electron chi connectivity index (χ2n) is 4.99. The van der Waals surface area contributed by atoms with Gasteiger partial charge in [0.2, 0.25) is 0 Å². The van der Waals surface area contributed by atoms with E-state index in [-0.39, 0.29) is 0 Å². The molecule has 3 unspecified atom stereocenters. The summed E-state index contributed by atoms with van der Waals surface area (Å²) in [4.78, 5) is 6.75. The topological polar surface area (TPSA) is 52.0 Å². The lowest BCUT2D eigenvalue weighted by molar-refractivity contribution is 0.471. The third-order valence-electron chi connectivity index (χ3n) is 4.10. The zero-order valence-corrected chi connectivity index (χ0v) is 9.93. The van der Waals surface area contributed by atoms with Crippen molar-refractivity contribution in [2.45, 2.75) is 13.0 Å². The van der Waals surface area contributed by atoms with E-state index in [0.717, 1.165) is 37.3 Å². The minimum atomic E-state index is 0.511. The van der Waals surface area contributed by atoms with E-state index in [1.807, 2.05) is 6.07 Å². The van der Waals surface area contributed by atoms with E-state index >= 15 is 0 Å². The molecule has 17 heavy (non-hydrogen) atoms. The van der Waals surface area contributed by atoms with Crippen LogP contribution in [0.15, 0.2) is 18.3 Å². The number of pyridine rings is 1. The molecule has 0 spiro atoms. The second-order valence-corrected chi connectivity index (χ2v) is 4.99. The van der Waals surface area contributed by atoms with Crippen molar-refractivity contribution in [3.63, 3.8) is 0 Å².